The van der Waals surface area contributed by atoms with Crippen LogP contribution in [0.15, 0.2) is 10.1 Å². The highest BCUT2D eigenvalue weighted by Crippen LogP contribution is 2.31. The number of fused-ring (bicyclic) bond motifs is 1. The minimum atomic E-state index is -0.0839. The van der Waals surface area contributed by atoms with Crippen LogP contribution in [0.5, 0.6) is 0 Å². The average molecular weight is 231 g/mol. The van der Waals surface area contributed by atoms with Gasteiger partial charge in [0.15, 0.2) is 5.71 Å². The van der Waals surface area contributed by atoms with Crippen LogP contribution in [0.25, 0.3) is 0 Å². The molecule has 4 nitrogen and oxygen atoms in total. The summed E-state index contributed by atoms with van der Waals surface area (Å²) in [5.41, 5.74) is 3.30. The van der Waals surface area contributed by atoms with E-state index < -0.39 is 0 Å². The van der Waals surface area contributed by atoms with Gasteiger partial charge < -0.3 is 0 Å². The molecule has 0 saturated heterocycles. The van der Waals surface area contributed by atoms with Gasteiger partial charge in [-0.2, -0.15) is 10.4 Å². The Hall–Kier alpha value is -0.540. The zero-order valence-electron chi connectivity index (χ0n) is 5.28. The van der Waals surface area contributed by atoms with Crippen molar-refractivity contribution in [3.63, 3.8) is 0 Å². The van der Waals surface area contributed by atoms with Crippen molar-refractivity contribution in [2.24, 2.45) is 10.1 Å². The summed E-state index contributed by atoms with van der Waals surface area (Å²) in [4.78, 5) is 4.18. The van der Waals surface area contributed by atoms with E-state index in [1.54, 1.807) is 11.8 Å². The molecule has 11 heavy (non-hydrogen) atoms. The van der Waals surface area contributed by atoms with Crippen molar-refractivity contribution in [2.45, 2.75) is 11.4 Å². The third kappa shape index (κ3) is 1.04. The number of aliphatic imine (C=N–C) groups is 1. The fourth-order valence-electron chi connectivity index (χ4n) is 0.969. The molecule has 1 N–H and O–H groups in total. The largest absolute Gasteiger partial charge is 0.293 e. The molecule has 2 heterocycles. The summed E-state index contributed by atoms with van der Waals surface area (Å²) in [5, 5.41) is 12.5. The van der Waals surface area contributed by atoms with Crippen molar-refractivity contribution < 1.29 is 0 Å². The van der Waals surface area contributed by atoms with Gasteiger partial charge in [-0.25, -0.2) is 0 Å². The van der Waals surface area contributed by atoms with Crippen LogP contribution in [-0.4, -0.2) is 21.1 Å². The van der Waals surface area contributed by atoms with Crippen molar-refractivity contribution in [2.75, 3.05) is 0 Å². The molecule has 0 aliphatic carbocycles. The van der Waals surface area contributed by atoms with Crippen molar-refractivity contribution in [3.8, 4) is 6.07 Å². The highest BCUT2D eigenvalue weighted by atomic mass is 79.9. The summed E-state index contributed by atoms with van der Waals surface area (Å²) < 4.78 is 0.836. The summed E-state index contributed by atoms with van der Waals surface area (Å²) in [5.74, 6) is 0. The number of nitriles is 1. The first kappa shape index (κ1) is 7.13. The van der Waals surface area contributed by atoms with Crippen LogP contribution in [0.1, 0.15) is 0 Å². The quantitative estimate of drug-likeness (QED) is 0.666. The number of nitrogens with one attached hydrogen (secondary N) is 1. The highest BCUT2D eigenvalue weighted by Gasteiger charge is 2.37. The van der Waals surface area contributed by atoms with Gasteiger partial charge in [0.1, 0.15) is 21.4 Å². The van der Waals surface area contributed by atoms with Gasteiger partial charge >= 0.3 is 0 Å². The fourth-order valence-corrected chi connectivity index (χ4v) is 2.60. The lowest BCUT2D eigenvalue weighted by molar-refractivity contribution is 0.716. The van der Waals surface area contributed by atoms with Crippen molar-refractivity contribution >= 4 is 37.4 Å². The van der Waals surface area contributed by atoms with Gasteiger partial charge in [0.05, 0.1) is 0 Å². The Labute approximate surface area is 75.9 Å². The lowest BCUT2D eigenvalue weighted by atomic mass is 10.2. The summed E-state index contributed by atoms with van der Waals surface area (Å²) in [6.07, 6.45) is 0. The number of rotatable bonds is 0. The molecule has 0 amide bonds. The Kier molecular flexibility index (Phi) is 1.62. The summed E-state index contributed by atoms with van der Waals surface area (Å²) in [6, 6.07) is 1.92. The van der Waals surface area contributed by atoms with Gasteiger partial charge in [0.25, 0.3) is 0 Å². The van der Waals surface area contributed by atoms with E-state index >= 15 is 0 Å². The predicted molar refractivity (Wildman–Crippen MR) is 47.7 cm³/mol. The molecule has 2 aliphatic rings. The summed E-state index contributed by atoms with van der Waals surface area (Å²) >= 11 is 4.80. The zero-order valence-corrected chi connectivity index (χ0v) is 7.69. The van der Waals surface area contributed by atoms with Crippen LogP contribution in [0.3, 0.4) is 0 Å². The topological polar surface area (TPSA) is 60.5 Å². The first-order valence-corrected chi connectivity index (χ1v) is 4.61. The molecule has 0 saturated carbocycles. The van der Waals surface area contributed by atoms with Crippen LogP contribution >= 0.6 is 27.7 Å². The van der Waals surface area contributed by atoms with E-state index in [1.807, 2.05) is 6.07 Å². The molecule has 0 radical (unpaired) electrons. The standard InChI is InChI=1S/C5H3BrN4S/c6-5-8-3-2(1-7)9-10-4(3)11-5/h3-4,10H. The lowest BCUT2D eigenvalue weighted by Crippen LogP contribution is -2.25. The van der Waals surface area contributed by atoms with E-state index in [9.17, 15) is 0 Å². The van der Waals surface area contributed by atoms with E-state index in [1.165, 1.54) is 0 Å². The van der Waals surface area contributed by atoms with Crippen molar-refractivity contribution in [1.82, 2.24) is 5.43 Å². The van der Waals surface area contributed by atoms with E-state index in [0.717, 1.165) is 3.95 Å². The lowest BCUT2D eigenvalue weighted by Gasteiger charge is -2.02. The van der Waals surface area contributed by atoms with Gasteiger partial charge in [0, 0.05) is 0 Å². The van der Waals surface area contributed by atoms with Gasteiger partial charge in [-0.05, 0) is 15.9 Å². The Morgan fingerprint density at radius 1 is 1.73 bits per heavy atom. The summed E-state index contributed by atoms with van der Waals surface area (Å²) in [7, 11) is 0. The molecule has 0 aromatic heterocycles. The molecule has 2 unspecified atom stereocenters. The van der Waals surface area contributed by atoms with Gasteiger partial charge in [0.2, 0.25) is 0 Å². The predicted octanol–water partition coefficient (Wildman–Crippen LogP) is 0.662. The molecular formula is C5H3BrN4S. The van der Waals surface area contributed by atoms with Crippen LogP contribution in [0.4, 0.5) is 0 Å². The molecule has 0 fully saturated rings. The maximum absolute atomic E-state index is 8.58. The second-order valence-electron chi connectivity index (χ2n) is 2.10. The molecular weight excluding hydrogens is 228 g/mol. The van der Waals surface area contributed by atoms with Crippen LogP contribution < -0.4 is 5.43 Å². The van der Waals surface area contributed by atoms with E-state index in [0.29, 0.717) is 5.71 Å². The number of nitrogens with zero attached hydrogens (tertiary/aromatic N) is 3. The summed E-state index contributed by atoms with van der Waals surface area (Å²) in [6.45, 7) is 0. The fraction of sp³-hybridized carbons (Fsp3) is 0.400. The number of halogens is 1. The molecule has 0 spiro atoms. The van der Waals surface area contributed by atoms with E-state index in [-0.39, 0.29) is 11.4 Å². The smallest absolute Gasteiger partial charge is 0.165 e. The van der Waals surface area contributed by atoms with Crippen LogP contribution in [-0.2, 0) is 0 Å². The van der Waals surface area contributed by atoms with Crippen LogP contribution in [0, 0.1) is 11.3 Å². The Bertz CT molecular complexity index is 291. The highest BCUT2D eigenvalue weighted by molar-refractivity contribution is 9.22. The van der Waals surface area contributed by atoms with Crippen molar-refractivity contribution in [1.29, 1.82) is 5.26 Å². The van der Waals surface area contributed by atoms with Gasteiger partial charge in [-0.3, -0.25) is 10.4 Å². The first-order chi connectivity index (χ1) is 5.31. The number of hydrogen-bond donors (Lipinski definition) is 1. The van der Waals surface area contributed by atoms with Crippen LogP contribution in [0.2, 0.25) is 0 Å². The second-order valence-corrected chi connectivity index (χ2v) is 4.51. The minimum Gasteiger partial charge on any atom is -0.293 e. The first-order valence-electron chi connectivity index (χ1n) is 2.94. The number of hydrazone groups is 1. The molecule has 0 bridgehead atoms. The second kappa shape index (κ2) is 2.50. The third-order valence-corrected chi connectivity index (χ3v) is 3.14. The SMILES string of the molecule is N#CC1=NNC2SC(Br)=NC12. The van der Waals surface area contributed by atoms with Gasteiger partial charge in [-0.15, -0.1) is 0 Å². The van der Waals surface area contributed by atoms with Gasteiger partial charge in [-0.1, -0.05) is 11.8 Å². The molecule has 2 rings (SSSR count). The molecule has 2 atom stereocenters. The minimum absolute atomic E-state index is 0.0839. The Balaban J connectivity index is 2.27. The maximum atomic E-state index is 8.58. The molecule has 6 heteroatoms. The Morgan fingerprint density at radius 2 is 2.55 bits per heavy atom. The number of hydrogen-bond acceptors (Lipinski definition) is 5. The van der Waals surface area contributed by atoms with E-state index in [2.05, 4.69) is 31.4 Å². The Morgan fingerprint density at radius 3 is 3.27 bits per heavy atom. The third-order valence-electron chi connectivity index (χ3n) is 1.46. The maximum Gasteiger partial charge on any atom is 0.165 e. The van der Waals surface area contributed by atoms with Crippen molar-refractivity contribution in [3.05, 3.63) is 0 Å². The monoisotopic (exact) mass is 230 g/mol. The average Bonchev–Trinajstić information content (AvgIpc) is 2.45. The molecule has 56 valence electrons. The molecule has 0 aromatic rings. The molecule has 2 aliphatic heterocycles. The molecule has 0 aromatic carbocycles. The number of thioether (sulfide) groups is 1. The zero-order chi connectivity index (χ0) is 7.84. The normalized spacial score (nSPS) is 33.5. The van der Waals surface area contributed by atoms with E-state index in [4.69, 9.17) is 5.26 Å².